The van der Waals surface area contributed by atoms with Gasteiger partial charge in [-0.15, -0.1) is 11.3 Å². The first kappa shape index (κ1) is 23.9. The number of thiophene rings is 1. The Morgan fingerprint density at radius 2 is 1.82 bits per heavy atom. The first-order valence-electron chi connectivity index (χ1n) is 10.8. The molecule has 0 bridgehead atoms. The Morgan fingerprint density at radius 3 is 2.53 bits per heavy atom. The van der Waals surface area contributed by atoms with Gasteiger partial charge in [-0.25, -0.2) is 13.1 Å². The number of rotatable bonds is 10. The number of nitrogens with one attached hydrogen (secondary N) is 1. The van der Waals surface area contributed by atoms with Gasteiger partial charge < -0.3 is 9.42 Å². The fourth-order valence-corrected chi connectivity index (χ4v) is 5.17. The third-order valence-electron chi connectivity index (χ3n) is 5.32. The van der Waals surface area contributed by atoms with Gasteiger partial charge in [0, 0.05) is 48.6 Å². The van der Waals surface area contributed by atoms with Gasteiger partial charge in [0.05, 0.1) is 4.90 Å². The molecule has 1 amide bonds. The van der Waals surface area contributed by atoms with Crippen LogP contribution in [0.3, 0.4) is 0 Å². The molecule has 7 nitrogen and oxygen atoms in total. The van der Waals surface area contributed by atoms with E-state index in [1.54, 1.807) is 24.1 Å². The molecule has 2 heterocycles. The van der Waals surface area contributed by atoms with Crippen molar-refractivity contribution >= 4 is 27.3 Å². The van der Waals surface area contributed by atoms with Crippen LogP contribution in [-0.2, 0) is 23.0 Å². The average molecular weight is 496 g/mol. The molecule has 0 aliphatic carbocycles. The zero-order chi connectivity index (χ0) is 24.0. The second-order valence-corrected chi connectivity index (χ2v) is 10.6. The monoisotopic (exact) mass is 495 g/mol. The van der Waals surface area contributed by atoms with Crippen molar-refractivity contribution in [1.29, 1.82) is 0 Å². The van der Waals surface area contributed by atoms with Crippen molar-refractivity contribution in [1.82, 2.24) is 14.8 Å². The molecule has 0 radical (unpaired) electrons. The first-order chi connectivity index (χ1) is 16.4. The molecule has 176 valence electrons. The molecular weight excluding hydrogens is 470 g/mol. The minimum Gasteiger partial charge on any atom is -0.361 e. The normalized spacial score (nSPS) is 11.4. The molecule has 4 aromatic rings. The maximum atomic E-state index is 12.7. The molecule has 0 atom stereocenters. The lowest BCUT2D eigenvalue weighted by Crippen LogP contribution is -2.28. The van der Waals surface area contributed by atoms with Crippen LogP contribution in [0.4, 0.5) is 0 Å². The van der Waals surface area contributed by atoms with Gasteiger partial charge in [0.2, 0.25) is 10.0 Å². The van der Waals surface area contributed by atoms with E-state index in [0.29, 0.717) is 24.9 Å². The van der Waals surface area contributed by atoms with Gasteiger partial charge in [0.25, 0.3) is 5.91 Å². The Morgan fingerprint density at radius 1 is 1.06 bits per heavy atom. The SMILES string of the molecule is CN(CCCc1cc(-c2ccccc2)no1)C(=O)c1ccc(S(=O)(=O)NCc2cccs2)cc1. The van der Waals surface area contributed by atoms with E-state index in [1.165, 1.54) is 23.5 Å². The first-order valence-corrected chi connectivity index (χ1v) is 13.2. The number of aryl methyl sites for hydroxylation is 1. The van der Waals surface area contributed by atoms with Crippen LogP contribution in [0.25, 0.3) is 11.3 Å². The predicted octanol–water partition coefficient (Wildman–Crippen LogP) is 4.59. The number of hydrogen-bond acceptors (Lipinski definition) is 6. The maximum Gasteiger partial charge on any atom is 0.253 e. The van der Waals surface area contributed by atoms with Crippen LogP contribution < -0.4 is 4.72 Å². The van der Waals surface area contributed by atoms with E-state index < -0.39 is 10.0 Å². The van der Waals surface area contributed by atoms with Crippen molar-refractivity contribution in [2.75, 3.05) is 13.6 Å². The molecule has 2 aromatic heterocycles. The van der Waals surface area contributed by atoms with Crippen molar-refractivity contribution in [2.45, 2.75) is 24.3 Å². The van der Waals surface area contributed by atoms with E-state index in [-0.39, 0.29) is 17.3 Å². The lowest BCUT2D eigenvalue weighted by atomic mass is 10.1. The molecule has 1 N–H and O–H groups in total. The van der Waals surface area contributed by atoms with Gasteiger partial charge in [-0.05, 0) is 42.1 Å². The second kappa shape index (κ2) is 10.8. The van der Waals surface area contributed by atoms with Crippen molar-refractivity contribution in [3.05, 3.63) is 94.4 Å². The van der Waals surface area contributed by atoms with E-state index in [0.717, 1.165) is 21.9 Å². The molecule has 2 aromatic carbocycles. The minimum absolute atomic E-state index is 0.128. The van der Waals surface area contributed by atoms with Crippen LogP contribution in [-0.4, -0.2) is 38.0 Å². The van der Waals surface area contributed by atoms with Crippen molar-refractivity contribution in [2.24, 2.45) is 0 Å². The molecule has 34 heavy (non-hydrogen) atoms. The van der Waals surface area contributed by atoms with Crippen molar-refractivity contribution in [3.63, 3.8) is 0 Å². The molecule has 4 rings (SSSR count). The summed E-state index contributed by atoms with van der Waals surface area (Å²) in [6.07, 6.45) is 1.37. The van der Waals surface area contributed by atoms with Crippen LogP contribution in [0.15, 0.2) is 87.6 Å². The Hall–Kier alpha value is -3.27. The third-order valence-corrected chi connectivity index (χ3v) is 7.61. The van der Waals surface area contributed by atoms with Crippen LogP contribution in [0.2, 0.25) is 0 Å². The molecule has 0 fully saturated rings. The second-order valence-electron chi connectivity index (χ2n) is 7.80. The Bertz CT molecular complexity index is 1320. The summed E-state index contributed by atoms with van der Waals surface area (Å²) < 4.78 is 33.0. The number of nitrogens with zero attached hydrogens (tertiary/aromatic N) is 2. The number of hydrogen-bond donors (Lipinski definition) is 1. The highest BCUT2D eigenvalue weighted by molar-refractivity contribution is 7.89. The van der Waals surface area contributed by atoms with Crippen molar-refractivity contribution < 1.29 is 17.7 Å². The summed E-state index contributed by atoms with van der Waals surface area (Å²) in [6, 6.07) is 21.5. The van der Waals surface area contributed by atoms with Crippen LogP contribution in [0.5, 0.6) is 0 Å². The Labute approximate surface area is 203 Å². The summed E-state index contributed by atoms with van der Waals surface area (Å²) in [5.74, 6) is 0.599. The summed E-state index contributed by atoms with van der Waals surface area (Å²) in [5.41, 5.74) is 2.22. The zero-order valence-corrected chi connectivity index (χ0v) is 20.3. The van der Waals surface area contributed by atoms with Gasteiger partial charge >= 0.3 is 0 Å². The molecule has 0 saturated carbocycles. The van der Waals surface area contributed by atoms with E-state index in [2.05, 4.69) is 9.88 Å². The quantitative estimate of drug-likeness (QED) is 0.347. The highest BCUT2D eigenvalue weighted by atomic mass is 32.2. The van der Waals surface area contributed by atoms with Gasteiger partial charge in [0.15, 0.2) is 0 Å². The molecule has 0 spiro atoms. The third kappa shape index (κ3) is 5.99. The van der Waals surface area contributed by atoms with Gasteiger partial charge in [-0.3, -0.25) is 4.79 Å². The summed E-state index contributed by atoms with van der Waals surface area (Å²) in [7, 11) is -1.92. The van der Waals surface area contributed by atoms with Gasteiger partial charge in [-0.2, -0.15) is 0 Å². The highest BCUT2D eigenvalue weighted by Crippen LogP contribution is 2.19. The van der Waals surface area contributed by atoms with Crippen molar-refractivity contribution in [3.8, 4) is 11.3 Å². The Kier molecular flexibility index (Phi) is 7.56. The number of amides is 1. The summed E-state index contributed by atoms with van der Waals surface area (Å²) in [4.78, 5) is 15.4. The number of carbonyl (C=O) groups is 1. The maximum absolute atomic E-state index is 12.7. The molecule has 9 heteroatoms. The molecule has 0 unspecified atom stereocenters. The van der Waals surface area contributed by atoms with Gasteiger partial charge in [0.1, 0.15) is 11.5 Å². The Balaban J connectivity index is 1.28. The molecule has 0 aliphatic heterocycles. The largest absolute Gasteiger partial charge is 0.361 e. The standard InChI is InChI=1S/C25H25N3O4S2/c1-28(15-5-9-21-17-24(27-32-21)19-7-3-2-4-8-19)25(29)20-11-13-23(14-12-20)34(30,31)26-18-22-10-6-16-33-22/h2-4,6-8,10-14,16-17,26H,5,9,15,18H2,1H3. The summed E-state index contributed by atoms with van der Waals surface area (Å²) in [5, 5.41) is 6.01. The molecule has 0 saturated heterocycles. The minimum atomic E-state index is -3.65. The molecular formula is C25H25N3O4S2. The number of sulfonamides is 1. The number of benzene rings is 2. The summed E-state index contributed by atoms with van der Waals surface area (Å²) >= 11 is 1.49. The summed E-state index contributed by atoms with van der Waals surface area (Å²) in [6.45, 7) is 0.768. The average Bonchev–Trinajstić information content (AvgIpc) is 3.55. The fraction of sp³-hybridized carbons (Fsp3) is 0.200. The van der Waals surface area contributed by atoms with E-state index in [1.807, 2.05) is 53.9 Å². The van der Waals surface area contributed by atoms with Crippen LogP contribution in [0.1, 0.15) is 27.4 Å². The zero-order valence-electron chi connectivity index (χ0n) is 18.7. The predicted molar refractivity (Wildman–Crippen MR) is 132 cm³/mol. The molecule has 0 aliphatic rings. The van der Waals surface area contributed by atoms with Crippen LogP contribution in [0, 0.1) is 0 Å². The fourth-order valence-electron chi connectivity index (χ4n) is 3.43. The van der Waals surface area contributed by atoms with E-state index >= 15 is 0 Å². The topological polar surface area (TPSA) is 92.5 Å². The smallest absolute Gasteiger partial charge is 0.253 e. The number of carbonyl (C=O) groups excluding carboxylic acids is 1. The van der Waals surface area contributed by atoms with E-state index in [9.17, 15) is 13.2 Å². The van der Waals surface area contributed by atoms with E-state index in [4.69, 9.17) is 4.52 Å². The lowest BCUT2D eigenvalue weighted by molar-refractivity contribution is 0.0792. The van der Waals surface area contributed by atoms with Gasteiger partial charge in [-0.1, -0.05) is 41.6 Å². The highest BCUT2D eigenvalue weighted by Gasteiger charge is 2.17. The lowest BCUT2D eigenvalue weighted by Gasteiger charge is -2.17. The number of aromatic nitrogens is 1. The van der Waals surface area contributed by atoms with Crippen LogP contribution >= 0.6 is 11.3 Å².